The van der Waals surface area contributed by atoms with E-state index in [0.717, 1.165) is 0 Å². The predicted octanol–water partition coefficient (Wildman–Crippen LogP) is 3.32. The molecule has 0 saturated heterocycles. The quantitative estimate of drug-likeness (QED) is 0.759. The van der Waals surface area contributed by atoms with E-state index in [1.54, 1.807) is 13.8 Å². The lowest BCUT2D eigenvalue weighted by molar-refractivity contribution is -0.0498. The Kier molecular flexibility index (Phi) is 6.26. The van der Waals surface area contributed by atoms with Gasteiger partial charge in [-0.15, -0.1) is 0 Å². The summed E-state index contributed by atoms with van der Waals surface area (Å²) in [6.07, 6.45) is 1.18. The minimum absolute atomic E-state index is 0.00782. The van der Waals surface area contributed by atoms with Crippen molar-refractivity contribution >= 4 is 17.6 Å². The molecule has 1 heterocycles. The first kappa shape index (κ1) is 19.4. The molecule has 26 heavy (non-hydrogen) atoms. The van der Waals surface area contributed by atoms with Crippen LogP contribution in [0.25, 0.3) is 0 Å². The molecule has 0 bridgehead atoms. The lowest BCUT2D eigenvalue weighted by Gasteiger charge is -2.09. The summed E-state index contributed by atoms with van der Waals surface area (Å²) in [6, 6.07) is 5.18. The first-order valence-electron chi connectivity index (χ1n) is 7.94. The van der Waals surface area contributed by atoms with Gasteiger partial charge < -0.3 is 14.8 Å². The number of carbonyl (C=O) groups excluding carboxylic acids is 2. The highest BCUT2D eigenvalue weighted by atomic mass is 19.3. The SMILES string of the molecule is CCn1cc(NC(=O)c2ccc(OC(F)F)cc2)c(C(=O)OC(C)C)n1. The van der Waals surface area contributed by atoms with Crippen LogP contribution < -0.4 is 10.1 Å². The van der Waals surface area contributed by atoms with Crippen molar-refractivity contribution in [1.29, 1.82) is 0 Å². The number of hydrogen-bond acceptors (Lipinski definition) is 5. The zero-order chi connectivity index (χ0) is 19.3. The van der Waals surface area contributed by atoms with Gasteiger partial charge in [0.15, 0.2) is 5.69 Å². The number of alkyl halides is 2. The van der Waals surface area contributed by atoms with Gasteiger partial charge in [0.2, 0.25) is 0 Å². The van der Waals surface area contributed by atoms with E-state index in [4.69, 9.17) is 4.74 Å². The Hall–Kier alpha value is -2.97. The van der Waals surface area contributed by atoms with Gasteiger partial charge in [-0.05, 0) is 45.0 Å². The molecule has 0 aliphatic carbocycles. The molecular weight excluding hydrogens is 348 g/mol. The second kappa shape index (κ2) is 8.41. The number of aromatic nitrogens is 2. The lowest BCUT2D eigenvalue weighted by Crippen LogP contribution is -2.17. The summed E-state index contributed by atoms with van der Waals surface area (Å²) in [5, 5.41) is 6.68. The van der Waals surface area contributed by atoms with E-state index < -0.39 is 18.5 Å². The van der Waals surface area contributed by atoms with Gasteiger partial charge >= 0.3 is 12.6 Å². The number of nitrogens with zero attached hydrogens (tertiary/aromatic N) is 2. The van der Waals surface area contributed by atoms with E-state index in [9.17, 15) is 18.4 Å². The van der Waals surface area contributed by atoms with Crippen molar-refractivity contribution in [1.82, 2.24) is 9.78 Å². The molecular formula is C17H19F2N3O4. The fraction of sp³-hybridized carbons (Fsp3) is 0.353. The summed E-state index contributed by atoms with van der Waals surface area (Å²) in [7, 11) is 0. The average molecular weight is 367 g/mol. The normalized spacial score (nSPS) is 10.9. The summed E-state index contributed by atoms with van der Waals surface area (Å²) in [5.41, 5.74) is 0.404. The number of hydrogen-bond donors (Lipinski definition) is 1. The predicted molar refractivity (Wildman–Crippen MR) is 89.5 cm³/mol. The Labute approximate surface area is 148 Å². The first-order chi connectivity index (χ1) is 12.3. The van der Waals surface area contributed by atoms with Crippen molar-refractivity contribution in [3.8, 4) is 5.75 Å². The van der Waals surface area contributed by atoms with Crippen molar-refractivity contribution in [2.75, 3.05) is 5.32 Å². The molecule has 2 aromatic rings. The number of esters is 1. The van der Waals surface area contributed by atoms with Crippen LogP contribution in [0.2, 0.25) is 0 Å². The molecule has 0 radical (unpaired) electrons. The molecule has 0 aliphatic rings. The van der Waals surface area contributed by atoms with Crippen molar-refractivity contribution in [3.63, 3.8) is 0 Å². The van der Waals surface area contributed by atoms with Gasteiger partial charge in [-0.1, -0.05) is 0 Å². The van der Waals surface area contributed by atoms with Crippen LogP contribution >= 0.6 is 0 Å². The molecule has 0 atom stereocenters. The van der Waals surface area contributed by atoms with Crippen LogP contribution in [-0.2, 0) is 11.3 Å². The third kappa shape index (κ3) is 5.01. The Balaban J connectivity index is 2.17. The van der Waals surface area contributed by atoms with Gasteiger partial charge in [-0.2, -0.15) is 13.9 Å². The van der Waals surface area contributed by atoms with E-state index >= 15 is 0 Å². The molecule has 1 aromatic heterocycles. The van der Waals surface area contributed by atoms with E-state index in [2.05, 4.69) is 15.2 Å². The molecule has 0 spiro atoms. The van der Waals surface area contributed by atoms with Crippen LogP contribution in [0.3, 0.4) is 0 Å². The molecule has 0 fully saturated rings. The molecule has 0 saturated carbocycles. The molecule has 7 nitrogen and oxygen atoms in total. The fourth-order valence-electron chi connectivity index (χ4n) is 2.08. The van der Waals surface area contributed by atoms with E-state index in [1.807, 2.05) is 6.92 Å². The lowest BCUT2D eigenvalue weighted by atomic mass is 10.2. The van der Waals surface area contributed by atoms with E-state index in [-0.39, 0.29) is 28.8 Å². The summed E-state index contributed by atoms with van der Waals surface area (Å²) < 4.78 is 35.2. The van der Waals surface area contributed by atoms with Crippen LogP contribution in [0.4, 0.5) is 14.5 Å². The van der Waals surface area contributed by atoms with Crippen LogP contribution in [0, 0.1) is 0 Å². The monoisotopic (exact) mass is 367 g/mol. The average Bonchev–Trinajstić information content (AvgIpc) is 2.97. The maximum absolute atomic E-state index is 12.4. The summed E-state index contributed by atoms with van der Waals surface area (Å²) in [4.78, 5) is 24.5. The molecule has 1 amide bonds. The summed E-state index contributed by atoms with van der Waals surface area (Å²) >= 11 is 0. The number of benzene rings is 1. The molecule has 140 valence electrons. The molecule has 9 heteroatoms. The van der Waals surface area contributed by atoms with E-state index in [0.29, 0.717) is 6.54 Å². The van der Waals surface area contributed by atoms with Crippen molar-refractivity contribution in [3.05, 3.63) is 41.7 Å². The number of halogens is 2. The number of anilines is 1. The number of ether oxygens (including phenoxy) is 2. The van der Waals surface area contributed by atoms with Crippen LogP contribution in [0.1, 0.15) is 41.6 Å². The third-order valence-electron chi connectivity index (χ3n) is 3.21. The molecule has 2 rings (SSSR count). The molecule has 1 aromatic carbocycles. The van der Waals surface area contributed by atoms with Gasteiger partial charge in [0, 0.05) is 18.3 Å². The number of carbonyl (C=O) groups is 2. The Bertz CT molecular complexity index is 773. The second-order valence-electron chi connectivity index (χ2n) is 5.56. The van der Waals surface area contributed by atoms with Gasteiger partial charge in [-0.25, -0.2) is 4.79 Å². The minimum Gasteiger partial charge on any atom is -0.458 e. The zero-order valence-corrected chi connectivity index (χ0v) is 14.5. The van der Waals surface area contributed by atoms with Gasteiger partial charge in [0.1, 0.15) is 5.75 Å². The smallest absolute Gasteiger partial charge is 0.387 e. The summed E-state index contributed by atoms with van der Waals surface area (Å²) in [5.74, 6) is -1.23. The maximum Gasteiger partial charge on any atom is 0.387 e. The third-order valence-corrected chi connectivity index (χ3v) is 3.21. The van der Waals surface area contributed by atoms with Crippen LogP contribution in [0.5, 0.6) is 5.75 Å². The Morgan fingerprint density at radius 3 is 2.42 bits per heavy atom. The zero-order valence-electron chi connectivity index (χ0n) is 14.5. The van der Waals surface area contributed by atoms with Crippen LogP contribution in [-0.4, -0.2) is 34.4 Å². The number of aryl methyl sites for hydroxylation is 1. The Morgan fingerprint density at radius 1 is 1.23 bits per heavy atom. The van der Waals surface area contributed by atoms with E-state index in [1.165, 1.54) is 35.1 Å². The second-order valence-corrected chi connectivity index (χ2v) is 5.56. The van der Waals surface area contributed by atoms with Gasteiger partial charge in [-0.3, -0.25) is 9.48 Å². The van der Waals surface area contributed by atoms with Crippen molar-refractivity contribution in [2.24, 2.45) is 0 Å². The topological polar surface area (TPSA) is 82.5 Å². The standard InChI is InChI=1S/C17H19F2N3O4/c1-4-22-9-13(14(21-22)16(24)25-10(2)3)20-15(23)11-5-7-12(8-6-11)26-17(18)19/h5-10,17H,4H2,1-3H3,(H,20,23). The maximum atomic E-state index is 12.4. The highest BCUT2D eigenvalue weighted by Gasteiger charge is 2.21. The highest BCUT2D eigenvalue weighted by Crippen LogP contribution is 2.19. The number of nitrogens with one attached hydrogen (secondary N) is 1. The minimum atomic E-state index is -2.94. The summed E-state index contributed by atoms with van der Waals surface area (Å²) in [6.45, 7) is 2.80. The molecule has 0 aliphatic heterocycles. The van der Waals surface area contributed by atoms with Crippen LogP contribution in [0.15, 0.2) is 30.5 Å². The molecule has 0 unspecified atom stereocenters. The Morgan fingerprint density at radius 2 is 1.88 bits per heavy atom. The number of amides is 1. The van der Waals surface area contributed by atoms with Crippen molar-refractivity contribution in [2.45, 2.75) is 40.0 Å². The first-order valence-corrected chi connectivity index (χ1v) is 7.94. The van der Waals surface area contributed by atoms with Gasteiger partial charge in [0.25, 0.3) is 5.91 Å². The van der Waals surface area contributed by atoms with Crippen molar-refractivity contribution < 1.29 is 27.8 Å². The largest absolute Gasteiger partial charge is 0.458 e. The fourth-order valence-corrected chi connectivity index (χ4v) is 2.08. The number of rotatable bonds is 7. The van der Waals surface area contributed by atoms with Gasteiger partial charge in [0.05, 0.1) is 11.8 Å². The molecule has 1 N–H and O–H groups in total. The highest BCUT2D eigenvalue weighted by molar-refractivity contribution is 6.07.